The van der Waals surface area contributed by atoms with Gasteiger partial charge in [-0.15, -0.1) is 0 Å². The van der Waals surface area contributed by atoms with E-state index in [4.69, 9.17) is 11.6 Å². The van der Waals surface area contributed by atoms with E-state index in [-0.39, 0.29) is 5.82 Å². The second-order valence-corrected chi connectivity index (χ2v) is 2.33. The van der Waals surface area contributed by atoms with E-state index in [0.717, 1.165) is 0 Å². The molecule has 1 rings (SSSR count). The fraction of sp³-hybridized carbons (Fsp3) is 0.125. The topological polar surface area (TPSA) is 0 Å². The highest BCUT2D eigenvalue weighted by Crippen LogP contribution is 2.19. The third-order valence-electron chi connectivity index (χ3n) is 1.29. The van der Waals surface area contributed by atoms with E-state index >= 15 is 0 Å². The van der Waals surface area contributed by atoms with Gasteiger partial charge in [0.1, 0.15) is 5.82 Å². The van der Waals surface area contributed by atoms with Crippen LogP contribution in [0, 0.1) is 12.2 Å². The Morgan fingerprint density at radius 1 is 1.50 bits per heavy atom. The first kappa shape index (κ1) is 7.55. The Hall–Kier alpha value is -0.560. The van der Waals surface area contributed by atoms with Crippen LogP contribution in [0.4, 0.5) is 4.39 Å². The molecule has 0 aliphatic heterocycles. The van der Waals surface area contributed by atoms with Crippen LogP contribution >= 0.6 is 11.6 Å². The quantitative estimate of drug-likeness (QED) is 0.588. The van der Waals surface area contributed by atoms with Crippen LogP contribution in [0.25, 0.3) is 0 Å². The Bertz CT molecular complexity index is 212. The molecule has 0 atom stereocenters. The summed E-state index contributed by atoms with van der Waals surface area (Å²) in [4.78, 5) is 0. The van der Waals surface area contributed by atoms with Crippen molar-refractivity contribution < 1.29 is 4.39 Å². The fourth-order valence-electron chi connectivity index (χ4n) is 0.786. The van der Waals surface area contributed by atoms with Gasteiger partial charge in [-0.2, -0.15) is 0 Å². The van der Waals surface area contributed by atoms with Crippen molar-refractivity contribution in [2.45, 2.75) is 6.92 Å². The van der Waals surface area contributed by atoms with Crippen molar-refractivity contribution in [3.63, 3.8) is 0 Å². The maximum absolute atomic E-state index is 12.7. The second kappa shape index (κ2) is 3.02. The van der Waals surface area contributed by atoms with Crippen molar-refractivity contribution in [1.29, 1.82) is 0 Å². The summed E-state index contributed by atoms with van der Waals surface area (Å²) >= 11 is 5.66. The molecule has 1 radical (unpaired) electrons. The summed E-state index contributed by atoms with van der Waals surface area (Å²) in [6, 6.07) is 4.64. The third-order valence-corrected chi connectivity index (χ3v) is 1.62. The molecule has 0 heterocycles. The highest BCUT2D eigenvalue weighted by molar-refractivity contribution is 6.31. The van der Waals surface area contributed by atoms with Crippen molar-refractivity contribution >= 4 is 11.6 Å². The predicted molar refractivity (Wildman–Crippen MR) is 40.5 cm³/mol. The summed E-state index contributed by atoms with van der Waals surface area (Å²) in [5.74, 6) is -0.269. The van der Waals surface area contributed by atoms with Crippen LogP contribution in [0.3, 0.4) is 0 Å². The zero-order chi connectivity index (χ0) is 7.56. The highest BCUT2D eigenvalue weighted by Gasteiger charge is 2.02. The van der Waals surface area contributed by atoms with Crippen LogP contribution in [0.2, 0.25) is 5.02 Å². The predicted octanol–water partition coefficient (Wildman–Crippen LogP) is 3.05. The van der Waals surface area contributed by atoms with Crippen LogP contribution in [0.1, 0.15) is 12.5 Å². The summed E-state index contributed by atoms with van der Waals surface area (Å²) in [7, 11) is 0. The maximum atomic E-state index is 12.7. The number of halogens is 2. The molecule has 0 bridgehead atoms. The molecule has 0 N–H and O–H groups in total. The Balaban J connectivity index is 3.17. The first-order valence-corrected chi connectivity index (χ1v) is 3.37. The smallest absolute Gasteiger partial charge is 0.128 e. The van der Waals surface area contributed by atoms with Crippen LogP contribution in [-0.4, -0.2) is 0 Å². The molecule has 0 spiro atoms. The van der Waals surface area contributed by atoms with Crippen molar-refractivity contribution in [3.05, 3.63) is 41.0 Å². The minimum atomic E-state index is -0.269. The molecule has 10 heavy (non-hydrogen) atoms. The molecule has 0 aromatic heterocycles. The Labute approximate surface area is 64.6 Å². The molecule has 2 heteroatoms. The van der Waals surface area contributed by atoms with Gasteiger partial charge in [-0.3, -0.25) is 0 Å². The van der Waals surface area contributed by atoms with Crippen molar-refractivity contribution in [3.8, 4) is 0 Å². The molecule has 0 saturated heterocycles. The van der Waals surface area contributed by atoms with E-state index in [1.165, 1.54) is 6.07 Å². The number of hydrogen-bond donors (Lipinski definition) is 0. The largest absolute Gasteiger partial charge is 0.207 e. The zero-order valence-corrected chi connectivity index (χ0v) is 6.32. The summed E-state index contributed by atoms with van der Waals surface area (Å²) in [5.41, 5.74) is 0.476. The minimum Gasteiger partial charge on any atom is -0.207 e. The molecule has 0 aliphatic rings. The average molecular weight is 158 g/mol. The van der Waals surface area contributed by atoms with E-state index < -0.39 is 0 Å². The van der Waals surface area contributed by atoms with Gasteiger partial charge >= 0.3 is 0 Å². The number of benzene rings is 1. The maximum Gasteiger partial charge on any atom is 0.128 e. The van der Waals surface area contributed by atoms with E-state index in [1.807, 2.05) is 0 Å². The van der Waals surface area contributed by atoms with Gasteiger partial charge in [0.2, 0.25) is 0 Å². The first-order valence-electron chi connectivity index (χ1n) is 2.99. The standard InChI is InChI=1S/C8H7ClF/c1-2-6-7(9)4-3-5-8(6)10/h2-5H,1H3. The van der Waals surface area contributed by atoms with E-state index in [9.17, 15) is 4.39 Å². The van der Waals surface area contributed by atoms with Gasteiger partial charge in [0.05, 0.1) is 0 Å². The number of hydrogen-bond acceptors (Lipinski definition) is 0. The second-order valence-electron chi connectivity index (χ2n) is 1.92. The van der Waals surface area contributed by atoms with Gasteiger partial charge in [0, 0.05) is 10.6 Å². The van der Waals surface area contributed by atoms with Gasteiger partial charge in [0.15, 0.2) is 0 Å². The molecule has 0 fully saturated rings. The van der Waals surface area contributed by atoms with Crippen molar-refractivity contribution in [2.24, 2.45) is 0 Å². The van der Waals surface area contributed by atoms with Crippen LogP contribution in [-0.2, 0) is 0 Å². The third kappa shape index (κ3) is 1.29. The van der Waals surface area contributed by atoms with Crippen molar-refractivity contribution in [2.75, 3.05) is 0 Å². The van der Waals surface area contributed by atoms with Gasteiger partial charge in [-0.05, 0) is 18.6 Å². The summed E-state index contributed by atoms with van der Waals surface area (Å²) < 4.78 is 12.7. The molecule has 0 saturated carbocycles. The molecule has 0 aliphatic carbocycles. The van der Waals surface area contributed by atoms with Gasteiger partial charge in [-0.1, -0.05) is 24.6 Å². The lowest BCUT2D eigenvalue weighted by molar-refractivity contribution is 0.620. The van der Waals surface area contributed by atoms with Crippen molar-refractivity contribution in [1.82, 2.24) is 0 Å². The zero-order valence-electron chi connectivity index (χ0n) is 5.57. The van der Waals surface area contributed by atoms with Crippen LogP contribution in [0.5, 0.6) is 0 Å². The number of rotatable bonds is 1. The molecular weight excluding hydrogens is 151 g/mol. The van der Waals surface area contributed by atoms with E-state index in [0.29, 0.717) is 10.6 Å². The molecule has 0 nitrogen and oxygen atoms in total. The summed E-state index contributed by atoms with van der Waals surface area (Å²) in [5, 5.41) is 0.461. The normalized spacial score (nSPS) is 9.90. The SMILES string of the molecule is C[CH]c1c(F)cccc1Cl. The van der Waals surface area contributed by atoms with Gasteiger partial charge in [0.25, 0.3) is 0 Å². The summed E-state index contributed by atoms with van der Waals surface area (Å²) in [6.45, 7) is 1.75. The lowest BCUT2D eigenvalue weighted by atomic mass is 10.1. The van der Waals surface area contributed by atoms with Gasteiger partial charge in [-0.25, -0.2) is 4.39 Å². The molecule has 53 valence electrons. The monoisotopic (exact) mass is 157 g/mol. The van der Waals surface area contributed by atoms with Crippen LogP contribution < -0.4 is 0 Å². The van der Waals surface area contributed by atoms with Gasteiger partial charge < -0.3 is 0 Å². The lowest BCUT2D eigenvalue weighted by Gasteiger charge is -1.99. The molecular formula is C8H7ClF. The average Bonchev–Trinajstić information content (AvgIpc) is 1.88. The molecule has 1 aromatic carbocycles. The fourth-order valence-corrected chi connectivity index (χ4v) is 1.06. The highest BCUT2D eigenvalue weighted by atomic mass is 35.5. The Morgan fingerprint density at radius 3 is 2.60 bits per heavy atom. The van der Waals surface area contributed by atoms with E-state index in [2.05, 4.69) is 0 Å². The minimum absolute atomic E-state index is 0.269. The van der Waals surface area contributed by atoms with Crippen LogP contribution in [0.15, 0.2) is 18.2 Å². The molecule has 0 amide bonds. The Morgan fingerprint density at radius 2 is 2.20 bits per heavy atom. The molecule has 0 unspecified atom stereocenters. The molecule has 1 aromatic rings. The first-order chi connectivity index (χ1) is 4.75. The summed E-state index contributed by atoms with van der Waals surface area (Å²) in [6.07, 6.45) is 1.65. The Kier molecular flexibility index (Phi) is 2.28. The lowest BCUT2D eigenvalue weighted by Crippen LogP contribution is -1.85. The van der Waals surface area contributed by atoms with E-state index in [1.54, 1.807) is 25.5 Å².